The van der Waals surface area contributed by atoms with Crippen LogP contribution in [0.1, 0.15) is 42.5 Å². The first-order valence-corrected chi connectivity index (χ1v) is 6.20. The summed E-state index contributed by atoms with van der Waals surface area (Å²) in [7, 11) is 0. The molecular weight excluding hydrogens is 198 g/mol. The maximum Gasteiger partial charge on any atom is 0.127 e. The molecule has 1 heterocycles. The molecule has 1 aliphatic heterocycles. The molecule has 1 aromatic carbocycles. The fourth-order valence-corrected chi connectivity index (χ4v) is 2.35. The lowest BCUT2D eigenvalue weighted by Gasteiger charge is -2.19. The van der Waals surface area contributed by atoms with Crippen molar-refractivity contribution >= 4 is 0 Å². The summed E-state index contributed by atoms with van der Waals surface area (Å²) >= 11 is 0. The molecule has 0 aromatic heterocycles. The van der Waals surface area contributed by atoms with E-state index in [0.29, 0.717) is 6.04 Å². The summed E-state index contributed by atoms with van der Waals surface area (Å²) in [5, 5.41) is 3.55. The third-order valence-electron chi connectivity index (χ3n) is 3.42. The van der Waals surface area contributed by atoms with Gasteiger partial charge in [-0.2, -0.15) is 0 Å². The maximum atomic E-state index is 5.90. The zero-order valence-corrected chi connectivity index (χ0v) is 10.5. The average molecular weight is 219 g/mol. The predicted molar refractivity (Wildman–Crippen MR) is 67.1 cm³/mol. The van der Waals surface area contributed by atoms with Crippen LogP contribution >= 0.6 is 0 Å². The molecule has 2 rings (SSSR count). The fraction of sp³-hybridized carbons (Fsp3) is 0.571. The van der Waals surface area contributed by atoms with Crippen LogP contribution in [0.2, 0.25) is 0 Å². The first-order valence-electron chi connectivity index (χ1n) is 6.20. The third-order valence-corrected chi connectivity index (χ3v) is 3.42. The van der Waals surface area contributed by atoms with Gasteiger partial charge in [0.25, 0.3) is 0 Å². The van der Waals surface area contributed by atoms with Crippen LogP contribution in [-0.2, 0) is 0 Å². The second kappa shape index (κ2) is 4.88. The Morgan fingerprint density at radius 3 is 2.94 bits per heavy atom. The van der Waals surface area contributed by atoms with Gasteiger partial charge in [0.1, 0.15) is 5.75 Å². The number of rotatable bonds is 2. The van der Waals surface area contributed by atoms with Crippen molar-refractivity contribution in [2.45, 2.75) is 39.7 Å². The van der Waals surface area contributed by atoms with Crippen molar-refractivity contribution in [2.75, 3.05) is 13.2 Å². The van der Waals surface area contributed by atoms with Crippen LogP contribution in [0.25, 0.3) is 0 Å². The Morgan fingerprint density at radius 2 is 2.19 bits per heavy atom. The molecule has 0 radical (unpaired) electrons. The minimum absolute atomic E-state index is 0.460. The van der Waals surface area contributed by atoms with Gasteiger partial charge in [0.05, 0.1) is 6.61 Å². The van der Waals surface area contributed by atoms with Gasteiger partial charge < -0.3 is 10.1 Å². The van der Waals surface area contributed by atoms with E-state index in [1.807, 2.05) is 0 Å². The smallest absolute Gasteiger partial charge is 0.127 e. The van der Waals surface area contributed by atoms with E-state index in [9.17, 15) is 0 Å². The van der Waals surface area contributed by atoms with Gasteiger partial charge >= 0.3 is 0 Å². The van der Waals surface area contributed by atoms with Crippen LogP contribution < -0.4 is 10.1 Å². The fourth-order valence-electron chi connectivity index (χ4n) is 2.35. The lowest BCUT2D eigenvalue weighted by molar-refractivity contribution is 0.313. The first-order chi connectivity index (χ1) is 7.74. The summed E-state index contributed by atoms with van der Waals surface area (Å²) in [6, 6.07) is 4.88. The number of ether oxygens (including phenoxy) is 1. The van der Waals surface area contributed by atoms with Crippen LogP contribution in [0.15, 0.2) is 12.1 Å². The number of aryl methyl sites for hydroxylation is 1. The van der Waals surface area contributed by atoms with E-state index in [2.05, 4.69) is 38.2 Å². The summed E-state index contributed by atoms with van der Waals surface area (Å²) in [6.07, 6.45) is 2.30. The Kier molecular flexibility index (Phi) is 3.49. The molecule has 0 aliphatic carbocycles. The second-order valence-electron chi connectivity index (χ2n) is 4.53. The molecule has 16 heavy (non-hydrogen) atoms. The Balaban J connectivity index is 2.42. The van der Waals surface area contributed by atoms with Gasteiger partial charge in [-0.3, -0.25) is 0 Å². The second-order valence-corrected chi connectivity index (χ2v) is 4.53. The van der Waals surface area contributed by atoms with Crippen molar-refractivity contribution < 1.29 is 4.74 Å². The molecule has 2 nitrogen and oxygen atoms in total. The molecule has 1 aromatic rings. The minimum atomic E-state index is 0.460. The van der Waals surface area contributed by atoms with Crippen molar-refractivity contribution in [1.82, 2.24) is 5.32 Å². The molecule has 1 unspecified atom stereocenters. The largest absolute Gasteiger partial charge is 0.493 e. The zero-order chi connectivity index (χ0) is 11.5. The van der Waals surface area contributed by atoms with Crippen molar-refractivity contribution in [2.24, 2.45) is 0 Å². The highest BCUT2D eigenvalue weighted by molar-refractivity contribution is 5.47. The SMILES string of the molecule is CCNC1CCCOc2c1ccc(C)c2C. The third kappa shape index (κ3) is 2.07. The van der Waals surface area contributed by atoms with E-state index >= 15 is 0 Å². The van der Waals surface area contributed by atoms with Crippen LogP contribution in [0.4, 0.5) is 0 Å². The normalized spacial score (nSPS) is 19.8. The lowest BCUT2D eigenvalue weighted by atomic mass is 9.97. The van der Waals surface area contributed by atoms with Crippen LogP contribution in [0.3, 0.4) is 0 Å². The van der Waals surface area contributed by atoms with Gasteiger partial charge in [0.15, 0.2) is 0 Å². The molecule has 0 spiro atoms. The predicted octanol–water partition coefficient (Wildman–Crippen LogP) is 3.13. The average Bonchev–Trinajstić information content (AvgIpc) is 2.48. The quantitative estimate of drug-likeness (QED) is 0.825. The van der Waals surface area contributed by atoms with Gasteiger partial charge in [-0.15, -0.1) is 0 Å². The number of nitrogens with one attached hydrogen (secondary N) is 1. The number of hydrogen-bond donors (Lipinski definition) is 1. The highest BCUT2D eigenvalue weighted by Crippen LogP contribution is 2.35. The van der Waals surface area contributed by atoms with Crippen molar-refractivity contribution in [3.63, 3.8) is 0 Å². The summed E-state index contributed by atoms with van der Waals surface area (Å²) in [5.74, 6) is 1.11. The molecule has 1 N–H and O–H groups in total. The summed E-state index contributed by atoms with van der Waals surface area (Å²) in [6.45, 7) is 8.32. The highest BCUT2D eigenvalue weighted by Gasteiger charge is 2.20. The molecule has 1 atom stereocenters. The van der Waals surface area contributed by atoms with Crippen molar-refractivity contribution in [3.05, 3.63) is 28.8 Å². The molecule has 88 valence electrons. The lowest BCUT2D eigenvalue weighted by Crippen LogP contribution is -2.20. The van der Waals surface area contributed by atoms with Crippen LogP contribution in [0.5, 0.6) is 5.75 Å². The number of benzene rings is 1. The minimum Gasteiger partial charge on any atom is -0.493 e. The van der Waals surface area contributed by atoms with Gasteiger partial charge in [-0.1, -0.05) is 19.1 Å². The molecule has 0 bridgehead atoms. The maximum absolute atomic E-state index is 5.90. The molecular formula is C14H21NO. The molecule has 0 amide bonds. The molecule has 0 saturated carbocycles. The summed E-state index contributed by atoms with van der Waals surface area (Å²) < 4.78 is 5.90. The van der Waals surface area contributed by atoms with E-state index in [-0.39, 0.29) is 0 Å². The molecule has 1 aliphatic rings. The Bertz CT molecular complexity index is 373. The number of fused-ring (bicyclic) bond motifs is 1. The van der Waals surface area contributed by atoms with E-state index < -0.39 is 0 Å². The van der Waals surface area contributed by atoms with E-state index in [4.69, 9.17) is 4.74 Å². The highest BCUT2D eigenvalue weighted by atomic mass is 16.5. The van der Waals surface area contributed by atoms with Gasteiger partial charge in [-0.25, -0.2) is 0 Å². The zero-order valence-electron chi connectivity index (χ0n) is 10.5. The van der Waals surface area contributed by atoms with E-state index in [0.717, 1.165) is 25.3 Å². The first kappa shape index (κ1) is 11.5. The molecule has 0 saturated heterocycles. The van der Waals surface area contributed by atoms with Crippen molar-refractivity contribution in [3.8, 4) is 5.75 Å². The Morgan fingerprint density at radius 1 is 1.38 bits per heavy atom. The van der Waals surface area contributed by atoms with Crippen LogP contribution in [0, 0.1) is 13.8 Å². The topological polar surface area (TPSA) is 21.3 Å². The number of hydrogen-bond acceptors (Lipinski definition) is 2. The summed E-state index contributed by atoms with van der Waals surface area (Å²) in [5.41, 5.74) is 3.95. The van der Waals surface area contributed by atoms with Gasteiger partial charge in [0.2, 0.25) is 0 Å². The van der Waals surface area contributed by atoms with Crippen molar-refractivity contribution in [1.29, 1.82) is 0 Å². The summed E-state index contributed by atoms with van der Waals surface area (Å²) in [4.78, 5) is 0. The Labute approximate surface area is 98.0 Å². The van der Waals surface area contributed by atoms with E-state index in [1.165, 1.54) is 23.1 Å². The van der Waals surface area contributed by atoms with E-state index in [1.54, 1.807) is 0 Å². The Hall–Kier alpha value is -1.02. The molecule has 2 heteroatoms. The monoisotopic (exact) mass is 219 g/mol. The van der Waals surface area contributed by atoms with Gasteiger partial charge in [-0.05, 0) is 44.4 Å². The molecule has 0 fully saturated rings. The van der Waals surface area contributed by atoms with Crippen LogP contribution in [-0.4, -0.2) is 13.2 Å². The standard InChI is InChI=1S/C14H21NO/c1-4-15-13-6-5-9-16-14-11(3)10(2)7-8-12(13)14/h7-8,13,15H,4-6,9H2,1-3H3. The van der Waals surface area contributed by atoms with Gasteiger partial charge in [0, 0.05) is 11.6 Å².